The predicted octanol–water partition coefficient (Wildman–Crippen LogP) is 4.81. The molecule has 1 unspecified atom stereocenters. The third-order valence-electron chi connectivity index (χ3n) is 3.50. The van der Waals surface area contributed by atoms with Gasteiger partial charge in [0, 0.05) is 20.4 Å². The molecule has 0 amide bonds. The van der Waals surface area contributed by atoms with E-state index >= 15 is 0 Å². The molecule has 0 spiro atoms. The van der Waals surface area contributed by atoms with Crippen LogP contribution in [0.2, 0.25) is 25.7 Å². The molecular formula is C15H28OSi. The highest BCUT2D eigenvalue weighted by atomic mass is 28.3. The maximum Gasteiger partial charge on any atom is 0.135 e. The number of rotatable bonds is 6. The maximum absolute atomic E-state index is 11.6. The number of carbonyl (C=O) groups excluding carboxylic acids is 1. The zero-order valence-electron chi connectivity index (χ0n) is 11.8. The summed E-state index contributed by atoms with van der Waals surface area (Å²) in [5, 5.41) is 0. The van der Waals surface area contributed by atoms with Crippen LogP contribution < -0.4 is 0 Å². The molecule has 1 aliphatic carbocycles. The van der Waals surface area contributed by atoms with E-state index in [-0.39, 0.29) is 0 Å². The molecule has 0 N–H and O–H groups in total. The fraction of sp³-hybridized carbons (Fsp3) is 0.800. The summed E-state index contributed by atoms with van der Waals surface area (Å²) in [4.78, 5) is 11.6. The molecule has 1 atom stereocenters. The fourth-order valence-electron chi connectivity index (χ4n) is 2.40. The quantitative estimate of drug-likeness (QED) is 0.376. The highest BCUT2D eigenvalue weighted by molar-refractivity contribution is 6.76. The van der Waals surface area contributed by atoms with Gasteiger partial charge in [-0.2, -0.15) is 0 Å². The summed E-state index contributed by atoms with van der Waals surface area (Å²) in [6, 6.07) is 1.29. The van der Waals surface area contributed by atoms with Crippen LogP contribution in [0, 0.1) is 5.92 Å². The molecule has 98 valence electrons. The molecule has 0 heterocycles. The molecule has 0 radical (unpaired) electrons. The van der Waals surface area contributed by atoms with Gasteiger partial charge in [-0.3, -0.25) is 4.79 Å². The van der Waals surface area contributed by atoms with Crippen molar-refractivity contribution in [3.63, 3.8) is 0 Å². The van der Waals surface area contributed by atoms with Crippen molar-refractivity contribution in [2.45, 2.75) is 70.6 Å². The highest BCUT2D eigenvalue weighted by Crippen LogP contribution is 2.25. The van der Waals surface area contributed by atoms with E-state index in [0.29, 0.717) is 11.7 Å². The summed E-state index contributed by atoms with van der Waals surface area (Å²) in [7, 11) is -0.902. The molecular weight excluding hydrogens is 224 g/mol. The van der Waals surface area contributed by atoms with Gasteiger partial charge in [-0.25, -0.2) is 0 Å². The third-order valence-corrected chi connectivity index (χ3v) is 4.96. The summed E-state index contributed by atoms with van der Waals surface area (Å²) in [5.74, 6) is 0.927. The first kappa shape index (κ1) is 14.7. The minimum absolute atomic E-state index is 0.397. The van der Waals surface area contributed by atoms with Crippen LogP contribution in [0.5, 0.6) is 0 Å². The lowest BCUT2D eigenvalue weighted by Crippen LogP contribution is -2.18. The lowest BCUT2D eigenvalue weighted by Gasteiger charge is -2.19. The molecule has 0 saturated heterocycles. The smallest absolute Gasteiger partial charge is 0.135 e. The van der Waals surface area contributed by atoms with Crippen molar-refractivity contribution in [3.8, 4) is 0 Å². The van der Waals surface area contributed by atoms with Gasteiger partial charge in [0.1, 0.15) is 5.78 Å². The standard InChI is InChI=1S/C15H28OSi/c1-17(2,3)13-9-5-4-6-10-14-11-7-8-12-15(14)16/h5,9,14H,4,6-8,10-13H2,1-3H3/b9-5-. The van der Waals surface area contributed by atoms with Crippen LogP contribution in [0.15, 0.2) is 12.2 Å². The van der Waals surface area contributed by atoms with Crippen LogP contribution in [0.25, 0.3) is 0 Å². The van der Waals surface area contributed by atoms with Crippen molar-refractivity contribution in [2.75, 3.05) is 0 Å². The second-order valence-corrected chi connectivity index (χ2v) is 12.1. The van der Waals surface area contributed by atoms with Crippen LogP contribution in [-0.2, 0) is 4.79 Å². The zero-order chi connectivity index (χ0) is 12.7. The molecule has 1 aliphatic rings. The van der Waals surface area contributed by atoms with E-state index < -0.39 is 8.07 Å². The number of carbonyl (C=O) groups is 1. The lowest BCUT2D eigenvalue weighted by molar-refractivity contribution is -0.124. The number of unbranched alkanes of at least 4 members (excludes halogenated alkanes) is 1. The molecule has 2 heteroatoms. The largest absolute Gasteiger partial charge is 0.299 e. The van der Waals surface area contributed by atoms with Gasteiger partial charge < -0.3 is 0 Å². The summed E-state index contributed by atoms with van der Waals surface area (Å²) in [6.07, 6.45) is 12.5. The van der Waals surface area contributed by atoms with E-state index in [4.69, 9.17) is 0 Å². The van der Waals surface area contributed by atoms with Gasteiger partial charge in [-0.1, -0.05) is 38.2 Å². The Morgan fingerprint density at radius 3 is 2.65 bits per heavy atom. The van der Waals surface area contributed by atoms with Crippen LogP contribution in [-0.4, -0.2) is 13.9 Å². The SMILES string of the molecule is C[Si](C)(C)C/C=C\CCCC1CCCCC1=O. The molecule has 1 nitrogen and oxygen atoms in total. The molecule has 0 aromatic carbocycles. The molecule has 1 fully saturated rings. The van der Waals surface area contributed by atoms with Crippen LogP contribution in [0.3, 0.4) is 0 Å². The molecule has 17 heavy (non-hydrogen) atoms. The Morgan fingerprint density at radius 2 is 2.00 bits per heavy atom. The van der Waals surface area contributed by atoms with Gasteiger partial charge in [-0.05, 0) is 38.1 Å². The van der Waals surface area contributed by atoms with Gasteiger partial charge in [0.25, 0.3) is 0 Å². The minimum atomic E-state index is -0.902. The van der Waals surface area contributed by atoms with Gasteiger partial charge in [0.2, 0.25) is 0 Å². The topological polar surface area (TPSA) is 17.1 Å². The lowest BCUT2D eigenvalue weighted by atomic mass is 9.84. The Kier molecular flexibility index (Phi) is 6.18. The van der Waals surface area contributed by atoms with Gasteiger partial charge in [0.15, 0.2) is 0 Å². The Labute approximate surface area is 108 Å². The first-order valence-electron chi connectivity index (χ1n) is 7.17. The van der Waals surface area contributed by atoms with Gasteiger partial charge >= 0.3 is 0 Å². The third kappa shape index (κ3) is 6.82. The second-order valence-electron chi connectivity index (χ2n) is 6.58. The highest BCUT2D eigenvalue weighted by Gasteiger charge is 2.20. The molecule has 0 bridgehead atoms. The number of allylic oxidation sites excluding steroid dienone is 2. The minimum Gasteiger partial charge on any atom is -0.299 e. The molecule has 1 rings (SSSR count). The van der Waals surface area contributed by atoms with Crippen molar-refractivity contribution in [2.24, 2.45) is 5.92 Å². The van der Waals surface area contributed by atoms with Crippen molar-refractivity contribution < 1.29 is 4.79 Å². The zero-order valence-corrected chi connectivity index (χ0v) is 12.8. The normalized spacial score (nSPS) is 22.3. The van der Waals surface area contributed by atoms with E-state index in [1.807, 2.05) is 0 Å². The molecule has 0 aromatic heterocycles. The fourth-order valence-corrected chi connectivity index (χ4v) is 3.27. The van der Waals surface area contributed by atoms with E-state index in [0.717, 1.165) is 32.1 Å². The monoisotopic (exact) mass is 252 g/mol. The van der Waals surface area contributed by atoms with Crippen molar-refractivity contribution >= 4 is 13.9 Å². The van der Waals surface area contributed by atoms with E-state index in [1.165, 1.54) is 18.9 Å². The summed E-state index contributed by atoms with van der Waals surface area (Å²) < 4.78 is 0. The predicted molar refractivity (Wildman–Crippen MR) is 78.1 cm³/mol. The second kappa shape index (κ2) is 7.15. The van der Waals surface area contributed by atoms with E-state index in [1.54, 1.807) is 0 Å². The number of Topliss-reactive ketones (excluding diaryl/α,β-unsaturated/α-hetero) is 1. The maximum atomic E-state index is 11.6. The number of hydrogen-bond donors (Lipinski definition) is 0. The van der Waals surface area contributed by atoms with E-state index in [9.17, 15) is 4.79 Å². The average molecular weight is 252 g/mol. The first-order valence-corrected chi connectivity index (χ1v) is 10.9. The summed E-state index contributed by atoms with van der Waals surface area (Å²) in [5.41, 5.74) is 0. The van der Waals surface area contributed by atoms with Crippen molar-refractivity contribution in [1.82, 2.24) is 0 Å². The van der Waals surface area contributed by atoms with Crippen molar-refractivity contribution in [3.05, 3.63) is 12.2 Å². The van der Waals surface area contributed by atoms with E-state index in [2.05, 4.69) is 31.8 Å². The summed E-state index contributed by atoms with van der Waals surface area (Å²) >= 11 is 0. The van der Waals surface area contributed by atoms with Gasteiger partial charge in [-0.15, -0.1) is 0 Å². The Balaban J connectivity index is 2.09. The average Bonchev–Trinajstić information content (AvgIpc) is 2.24. The van der Waals surface area contributed by atoms with Crippen LogP contribution >= 0.6 is 0 Å². The van der Waals surface area contributed by atoms with Crippen LogP contribution in [0.4, 0.5) is 0 Å². The number of ketones is 1. The van der Waals surface area contributed by atoms with Gasteiger partial charge in [0.05, 0.1) is 0 Å². The summed E-state index contributed by atoms with van der Waals surface area (Å²) in [6.45, 7) is 7.20. The number of hydrogen-bond acceptors (Lipinski definition) is 1. The van der Waals surface area contributed by atoms with Crippen LogP contribution in [0.1, 0.15) is 44.9 Å². The molecule has 0 aromatic rings. The molecule has 1 saturated carbocycles. The Hall–Kier alpha value is -0.373. The first-order chi connectivity index (χ1) is 7.99. The van der Waals surface area contributed by atoms with Crippen molar-refractivity contribution in [1.29, 1.82) is 0 Å². The molecule has 0 aliphatic heterocycles. The Morgan fingerprint density at radius 1 is 1.24 bits per heavy atom. The Bertz CT molecular complexity index is 263.